The van der Waals surface area contributed by atoms with E-state index in [2.05, 4.69) is 5.32 Å². The number of amides is 2. The summed E-state index contributed by atoms with van der Waals surface area (Å²) in [6, 6.07) is 13.3. The lowest BCUT2D eigenvalue weighted by Gasteiger charge is -2.36. The van der Waals surface area contributed by atoms with Crippen molar-refractivity contribution in [2.24, 2.45) is 5.92 Å². The highest BCUT2D eigenvalue weighted by molar-refractivity contribution is 7.89. The first-order valence-corrected chi connectivity index (χ1v) is 11.7. The zero-order valence-electron chi connectivity index (χ0n) is 18.3. The average molecular weight is 444 g/mol. The molecule has 166 valence electrons. The molecule has 2 amide bonds. The van der Waals surface area contributed by atoms with Gasteiger partial charge >= 0.3 is 0 Å². The van der Waals surface area contributed by atoms with Crippen molar-refractivity contribution in [3.8, 4) is 0 Å². The van der Waals surface area contributed by atoms with Gasteiger partial charge in [-0.2, -0.15) is 0 Å². The third-order valence-corrected chi connectivity index (χ3v) is 7.15. The molecule has 0 fully saturated rings. The van der Waals surface area contributed by atoms with Gasteiger partial charge in [-0.05, 0) is 35.2 Å². The Morgan fingerprint density at radius 1 is 1.10 bits per heavy atom. The molecule has 1 atom stereocenters. The molecule has 1 aliphatic rings. The topological polar surface area (TPSA) is 86.8 Å². The van der Waals surface area contributed by atoms with Crippen molar-refractivity contribution in [3.05, 3.63) is 59.7 Å². The molecule has 31 heavy (non-hydrogen) atoms. The summed E-state index contributed by atoms with van der Waals surface area (Å²) in [6.07, 6.45) is 0.782. The third kappa shape index (κ3) is 5.14. The fourth-order valence-electron chi connectivity index (χ4n) is 3.66. The van der Waals surface area contributed by atoms with Crippen LogP contribution in [0.2, 0.25) is 0 Å². The fourth-order valence-corrected chi connectivity index (χ4v) is 4.60. The third-order valence-electron chi connectivity index (χ3n) is 5.33. The Labute approximate surface area is 184 Å². The number of carbonyl (C=O) groups excluding carboxylic acids is 2. The standard InChI is InChI=1S/C23H29N3O4S/c1-16(2)12-22(27)26-15-18-9-6-5-8-17(18)13-21(26)23(28)24-19-10-7-11-20(14-19)31(29,30)25(3)4/h5-11,14,16,21H,12-13,15H2,1-4H3,(H,24,28). The van der Waals surface area contributed by atoms with Crippen molar-refractivity contribution in [2.45, 2.75) is 44.2 Å². The van der Waals surface area contributed by atoms with E-state index in [1.54, 1.807) is 17.0 Å². The van der Waals surface area contributed by atoms with Gasteiger partial charge < -0.3 is 10.2 Å². The van der Waals surface area contributed by atoms with Gasteiger partial charge in [0.2, 0.25) is 21.8 Å². The lowest BCUT2D eigenvalue weighted by atomic mass is 9.92. The van der Waals surface area contributed by atoms with E-state index in [4.69, 9.17) is 0 Å². The molecular formula is C23H29N3O4S. The number of hydrogen-bond acceptors (Lipinski definition) is 4. The molecule has 2 aromatic rings. The van der Waals surface area contributed by atoms with Crippen molar-refractivity contribution in [1.82, 2.24) is 9.21 Å². The van der Waals surface area contributed by atoms with Crippen molar-refractivity contribution >= 4 is 27.5 Å². The summed E-state index contributed by atoms with van der Waals surface area (Å²) in [6.45, 7) is 4.33. The summed E-state index contributed by atoms with van der Waals surface area (Å²) in [7, 11) is -0.707. The van der Waals surface area contributed by atoms with E-state index < -0.39 is 16.1 Å². The summed E-state index contributed by atoms with van der Waals surface area (Å²) in [5.41, 5.74) is 2.46. The Kier molecular flexibility index (Phi) is 6.81. The van der Waals surface area contributed by atoms with Crippen LogP contribution in [0.1, 0.15) is 31.4 Å². The number of nitrogens with zero attached hydrogens (tertiary/aromatic N) is 2. The predicted molar refractivity (Wildman–Crippen MR) is 120 cm³/mol. The molecule has 0 saturated carbocycles. The van der Waals surface area contributed by atoms with Crippen molar-refractivity contribution in [1.29, 1.82) is 0 Å². The number of hydrogen-bond donors (Lipinski definition) is 1. The minimum atomic E-state index is -3.62. The molecule has 0 radical (unpaired) electrons. The number of nitrogens with one attached hydrogen (secondary N) is 1. The van der Waals surface area contributed by atoms with Crippen LogP contribution < -0.4 is 5.32 Å². The van der Waals surface area contributed by atoms with Crippen LogP contribution in [0.5, 0.6) is 0 Å². The van der Waals surface area contributed by atoms with Gasteiger partial charge in [-0.25, -0.2) is 12.7 Å². The first kappa shape index (κ1) is 23.0. The maximum atomic E-state index is 13.2. The van der Waals surface area contributed by atoms with Gasteiger partial charge in [0, 0.05) is 39.2 Å². The number of carbonyl (C=O) groups is 2. The largest absolute Gasteiger partial charge is 0.326 e. The van der Waals surface area contributed by atoms with Crippen LogP contribution in [0.3, 0.4) is 0 Å². The monoisotopic (exact) mass is 443 g/mol. The summed E-state index contributed by atoms with van der Waals surface area (Å²) in [4.78, 5) is 27.8. The maximum absolute atomic E-state index is 13.2. The second-order valence-corrected chi connectivity index (χ2v) is 10.6. The highest BCUT2D eigenvalue weighted by Crippen LogP contribution is 2.26. The molecule has 8 heteroatoms. The summed E-state index contributed by atoms with van der Waals surface area (Å²) >= 11 is 0. The maximum Gasteiger partial charge on any atom is 0.247 e. The van der Waals surface area contributed by atoms with E-state index in [1.165, 1.54) is 26.2 Å². The highest BCUT2D eigenvalue weighted by Gasteiger charge is 2.34. The van der Waals surface area contributed by atoms with E-state index in [0.717, 1.165) is 15.4 Å². The second-order valence-electron chi connectivity index (χ2n) is 8.41. The summed E-state index contributed by atoms with van der Waals surface area (Å²) in [5, 5.41) is 2.82. The van der Waals surface area contributed by atoms with Gasteiger partial charge in [0.15, 0.2) is 0 Å². The van der Waals surface area contributed by atoms with E-state index in [9.17, 15) is 18.0 Å². The van der Waals surface area contributed by atoms with Gasteiger partial charge in [0.1, 0.15) is 6.04 Å². The van der Waals surface area contributed by atoms with Crippen LogP contribution in [0.25, 0.3) is 0 Å². The van der Waals surface area contributed by atoms with Crippen LogP contribution in [0, 0.1) is 5.92 Å². The average Bonchev–Trinajstić information content (AvgIpc) is 2.72. The molecule has 2 aromatic carbocycles. The minimum Gasteiger partial charge on any atom is -0.326 e. The molecule has 1 N–H and O–H groups in total. The molecule has 0 saturated heterocycles. The number of benzene rings is 2. The number of anilines is 1. The van der Waals surface area contributed by atoms with E-state index in [1.807, 2.05) is 38.1 Å². The predicted octanol–water partition coefficient (Wildman–Crippen LogP) is 2.88. The Bertz CT molecular complexity index is 1080. The molecule has 7 nitrogen and oxygen atoms in total. The SMILES string of the molecule is CC(C)CC(=O)N1Cc2ccccc2CC1C(=O)Nc1cccc(S(=O)(=O)N(C)C)c1. The smallest absolute Gasteiger partial charge is 0.247 e. The molecule has 1 heterocycles. The molecule has 1 unspecified atom stereocenters. The Balaban J connectivity index is 1.87. The lowest BCUT2D eigenvalue weighted by molar-refractivity contribution is -0.140. The van der Waals surface area contributed by atoms with Crippen molar-refractivity contribution in [3.63, 3.8) is 0 Å². The zero-order valence-corrected chi connectivity index (χ0v) is 19.1. The summed E-state index contributed by atoms with van der Waals surface area (Å²) < 4.78 is 25.9. The quantitative estimate of drug-likeness (QED) is 0.744. The van der Waals surface area contributed by atoms with Crippen LogP contribution in [-0.4, -0.2) is 49.6 Å². The van der Waals surface area contributed by atoms with E-state index >= 15 is 0 Å². The zero-order chi connectivity index (χ0) is 22.8. The first-order valence-electron chi connectivity index (χ1n) is 10.3. The lowest BCUT2D eigenvalue weighted by Crippen LogP contribution is -2.50. The summed E-state index contributed by atoms with van der Waals surface area (Å²) in [5.74, 6) is -0.207. The van der Waals surface area contributed by atoms with Crippen LogP contribution in [0.4, 0.5) is 5.69 Å². The van der Waals surface area contributed by atoms with Crippen LogP contribution in [0.15, 0.2) is 53.4 Å². The molecule has 0 aromatic heterocycles. The normalized spacial score (nSPS) is 16.3. The number of sulfonamides is 1. The highest BCUT2D eigenvalue weighted by atomic mass is 32.2. The van der Waals surface area contributed by atoms with Crippen molar-refractivity contribution in [2.75, 3.05) is 19.4 Å². The number of fused-ring (bicyclic) bond motifs is 1. The van der Waals surface area contributed by atoms with E-state index in [0.29, 0.717) is 25.1 Å². The van der Waals surface area contributed by atoms with Crippen LogP contribution in [-0.2, 0) is 32.6 Å². The Hall–Kier alpha value is -2.71. The van der Waals surface area contributed by atoms with Gasteiger partial charge in [-0.3, -0.25) is 9.59 Å². The Morgan fingerprint density at radius 2 is 1.77 bits per heavy atom. The Morgan fingerprint density at radius 3 is 2.42 bits per heavy atom. The second kappa shape index (κ2) is 9.20. The fraction of sp³-hybridized carbons (Fsp3) is 0.391. The van der Waals surface area contributed by atoms with Gasteiger partial charge in [0.05, 0.1) is 4.90 Å². The van der Waals surface area contributed by atoms with Gasteiger partial charge in [-0.15, -0.1) is 0 Å². The van der Waals surface area contributed by atoms with Crippen molar-refractivity contribution < 1.29 is 18.0 Å². The van der Waals surface area contributed by atoms with Gasteiger partial charge in [0.25, 0.3) is 0 Å². The molecule has 0 spiro atoms. The molecule has 0 aliphatic carbocycles. The number of rotatable bonds is 6. The molecule has 0 bridgehead atoms. The van der Waals surface area contributed by atoms with Gasteiger partial charge in [-0.1, -0.05) is 44.2 Å². The minimum absolute atomic E-state index is 0.0615. The molecule has 1 aliphatic heterocycles. The molecule has 3 rings (SSSR count). The molecular weight excluding hydrogens is 414 g/mol. The van der Waals surface area contributed by atoms with Crippen LogP contribution >= 0.6 is 0 Å². The van der Waals surface area contributed by atoms with E-state index in [-0.39, 0.29) is 22.6 Å². The first-order chi connectivity index (χ1) is 14.6.